The summed E-state index contributed by atoms with van der Waals surface area (Å²) in [5, 5.41) is 10.1. The van der Waals surface area contributed by atoms with Crippen LogP contribution >= 0.6 is 0 Å². The number of nitrogens with one attached hydrogen (secondary N) is 2. The van der Waals surface area contributed by atoms with Crippen molar-refractivity contribution in [3.63, 3.8) is 0 Å². The lowest BCUT2D eigenvalue weighted by Gasteiger charge is -2.10. The van der Waals surface area contributed by atoms with E-state index in [2.05, 4.69) is 34.6 Å². The van der Waals surface area contributed by atoms with E-state index < -0.39 is 0 Å². The van der Waals surface area contributed by atoms with Crippen LogP contribution in [0.15, 0.2) is 6.33 Å². The minimum Gasteiger partial charge on any atom is -0.355 e. The number of hydrogen-bond acceptors (Lipinski definition) is 4. The van der Waals surface area contributed by atoms with Gasteiger partial charge in [0, 0.05) is 12.6 Å². The second kappa shape index (κ2) is 7.10. The zero-order valence-corrected chi connectivity index (χ0v) is 11.6. The lowest BCUT2D eigenvalue weighted by atomic mass is 10.2. The fourth-order valence-electron chi connectivity index (χ4n) is 1.50. The van der Waals surface area contributed by atoms with Crippen molar-refractivity contribution in [2.75, 3.05) is 13.1 Å². The fraction of sp³-hybridized carbons (Fsp3) is 0.750. The fourth-order valence-corrected chi connectivity index (χ4v) is 1.50. The van der Waals surface area contributed by atoms with Crippen LogP contribution in [0.5, 0.6) is 0 Å². The maximum absolute atomic E-state index is 11.5. The Bertz CT molecular complexity index is 372. The van der Waals surface area contributed by atoms with Gasteiger partial charge in [0.05, 0.1) is 13.1 Å². The highest BCUT2D eigenvalue weighted by molar-refractivity contribution is 5.77. The second-order valence-electron chi connectivity index (χ2n) is 5.02. The largest absolute Gasteiger partial charge is 0.355 e. The number of amides is 1. The Morgan fingerprint density at radius 3 is 2.72 bits per heavy atom. The maximum Gasteiger partial charge on any atom is 0.233 e. The average molecular weight is 253 g/mol. The minimum absolute atomic E-state index is 0.0133. The molecular weight excluding hydrogens is 230 g/mol. The molecule has 0 spiro atoms. The molecule has 0 atom stereocenters. The van der Waals surface area contributed by atoms with Gasteiger partial charge in [0.2, 0.25) is 5.91 Å². The molecule has 2 N–H and O–H groups in total. The third kappa shape index (κ3) is 4.83. The van der Waals surface area contributed by atoms with Crippen molar-refractivity contribution in [2.45, 2.75) is 40.3 Å². The van der Waals surface area contributed by atoms with E-state index in [1.54, 1.807) is 0 Å². The molecule has 0 unspecified atom stereocenters. The summed E-state index contributed by atoms with van der Waals surface area (Å²) < 4.78 is 1.85. The summed E-state index contributed by atoms with van der Waals surface area (Å²) in [4.78, 5) is 15.6. The van der Waals surface area contributed by atoms with Crippen LogP contribution in [0.2, 0.25) is 0 Å². The number of aromatic nitrogens is 3. The van der Waals surface area contributed by atoms with E-state index in [0.717, 1.165) is 5.82 Å². The Hall–Kier alpha value is -1.43. The summed E-state index contributed by atoms with van der Waals surface area (Å²) >= 11 is 0. The molecule has 0 saturated carbocycles. The summed E-state index contributed by atoms with van der Waals surface area (Å²) in [6.45, 7) is 9.80. The molecule has 1 heterocycles. The van der Waals surface area contributed by atoms with Crippen LogP contribution in [0.25, 0.3) is 0 Å². The molecule has 0 aliphatic heterocycles. The van der Waals surface area contributed by atoms with Gasteiger partial charge in [-0.3, -0.25) is 4.79 Å². The van der Waals surface area contributed by atoms with Crippen molar-refractivity contribution < 1.29 is 4.79 Å². The van der Waals surface area contributed by atoms with Crippen LogP contribution in [0.4, 0.5) is 0 Å². The third-order valence-electron chi connectivity index (χ3n) is 2.41. The summed E-state index contributed by atoms with van der Waals surface area (Å²) in [5.74, 6) is 1.33. The molecule has 6 nitrogen and oxygen atoms in total. The molecule has 0 fully saturated rings. The van der Waals surface area contributed by atoms with Gasteiger partial charge >= 0.3 is 0 Å². The topological polar surface area (TPSA) is 71.8 Å². The molecule has 1 aromatic rings. The van der Waals surface area contributed by atoms with Gasteiger partial charge in [-0.2, -0.15) is 5.10 Å². The molecule has 0 bridgehead atoms. The lowest BCUT2D eigenvalue weighted by Crippen LogP contribution is -2.36. The molecule has 6 heteroatoms. The quantitative estimate of drug-likeness (QED) is 0.751. The van der Waals surface area contributed by atoms with Crippen molar-refractivity contribution in [1.82, 2.24) is 25.4 Å². The Kier molecular flexibility index (Phi) is 5.77. The van der Waals surface area contributed by atoms with Crippen LogP contribution < -0.4 is 10.6 Å². The Balaban J connectivity index is 2.29. The molecule has 1 amide bonds. The van der Waals surface area contributed by atoms with E-state index >= 15 is 0 Å². The van der Waals surface area contributed by atoms with E-state index in [1.165, 1.54) is 6.33 Å². The summed E-state index contributed by atoms with van der Waals surface area (Å²) in [5.41, 5.74) is 0. The van der Waals surface area contributed by atoms with Gasteiger partial charge in [-0.1, -0.05) is 13.8 Å². The van der Waals surface area contributed by atoms with Gasteiger partial charge in [-0.25, -0.2) is 9.67 Å². The Morgan fingerprint density at radius 1 is 1.39 bits per heavy atom. The average Bonchev–Trinajstić information content (AvgIpc) is 2.74. The van der Waals surface area contributed by atoms with E-state index in [4.69, 9.17) is 0 Å². The SMILES string of the molecule is CC(C)CNC(=O)CNCc1ncnn1C(C)C. The van der Waals surface area contributed by atoms with Crippen LogP contribution in [-0.2, 0) is 11.3 Å². The molecular formula is C12H23N5O. The Morgan fingerprint density at radius 2 is 2.11 bits per heavy atom. The smallest absolute Gasteiger partial charge is 0.233 e. The van der Waals surface area contributed by atoms with Crippen molar-refractivity contribution in [3.8, 4) is 0 Å². The van der Waals surface area contributed by atoms with Gasteiger partial charge in [0.1, 0.15) is 12.2 Å². The van der Waals surface area contributed by atoms with Crippen molar-refractivity contribution >= 4 is 5.91 Å². The number of carbonyl (C=O) groups is 1. The monoisotopic (exact) mass is 253 g/mol. The molecule has 0 aliphatic carbocycles. The molecule has 0 aromatic carbocycles. The van der Waals surface area contributed by atoms with Gasteiger partial charge in [-0.05, 0) is 19.8 Å². The van der Waals surface area contributed by atoms with Crippen LogP contribution in [-0.4, -0.2) is 33.8 Å². The molecule has 0 aliphatic rings. The second-order valence-corrected chi connectivity index (χ2v) is 5.02. The zero-order valence-electron chi connectivity index (χ0n) is 11.6. The van der Waals surface area contributed by atoms with Crippen LogP contribution in [0.1, 0.15) is 39.6 Å². The van der Waals surface area contributed by atoms with E-state index in [-0.39, 0.29) is 11.9 Å². The predicted octanol–water partition coefficient (Wildman–Crippen LogP) is 0.721. The lowest BCUT2D eigenvalue weighted by molar-refractivity contribution is -0.120. The molecule has 0 radical (unpaired) electrons. The molecule has 1 aromatic heterocycles. The first kappa shape index (κ1) is 14.6. The highest BCUT2D eigenvalue weighted by atomic mass is 16.1. The third-order valence-corrected chi connectivity index (χ3v) is 2.41. The minimum atomic E-state index is 0.0133. The number of hydrogen-bond donors (Lipinski definition) is 2. The first-order chi connectivity index (χ1) is 8.50. The first-order valence-electron chi connectivity index (χ1n) is 6.36. The summed E-state index contributed by atoms with van der Waals surface area (Å²) in [6, 6.07) is 0.277. The number of carbonyl (C=O) groups excluding carboxylic acids is 1. The molecule has 102 valence electrons. The maximum atomic E-state index is 11.5. The van der Waals surface area contributed by atoms with Gasteiger partial charge in [-0.15, -0.1) is 0 Å². The highest BCUT2D eigenvalue weighted by Crippen LogP contribution is 2.04. The van der Waals surface area contributed by atoms with Gasteiger partial charge in [0.25, 0.3) is 0 Å². The van der Waals surface area contributed by atoms with Crippen LogP contribution in [0, 0.1) is 5.92 Å². The zero-order chi connectivity index (χ0) is 13.5. The van der Waals surface area contributed by atoms with Crippen molar-refractivity contribution in [1.29, 1.82) is 0 Å². The van der Waals surface area contributed by atoms with E-state index in [0.29, 0.717) is 25.6 Å². The molecule has 0 saturated heterocycles. The summed E-state index contributed by atoms with van der Waals surface area (Å²) in [7, 11) is 0. The van der Waals surface area contributed by atoms with Gasteiger partial charge in [0.15, 0.2) is 0 Å². The van der Waals surface area contributed by atoms with Crippen LogP contribution in [0.3, 0.4) is 0 Å². The van der Waals surface area contributed by atoms with Crippen molar-refractivity contribution in [3.05, 3.63) is 12.2 Å². The Labute approximate surface area is 108 Å². The van der Waals surface area contributed by atoms with E-state index in [9.17, 15) is 4.79 Å². The van der Waals surface area contributed by atoms with Crippen molar-refractivity contribution in [2.24, 2.45) is 5.92 Å². The normalized spacial score (nSPS) is 11.2. The van der Waals surface area contributed by atoms with Gasteiger partial charge < -0.3 is 10.6 Å². The number of nitrogens with zero attached hydrogens (tertiary/aromatic N) is 3. The standard InChI is InChI=1S/C12H23N5O/c1-9(2)5-14-12(18)7-13-6-11-15-8-16-17(11)10(3)4/h8-10,13H,5-7H2,1-4H3,(H,14,18). The highest BCUT2D eigenvalue weighted by Gasteiger charge is 2.08. The summed E-state index contributed by atoms with van der Waals surface area (Å²) in [6.07, 6.45) is 1.54. The number of rotatable bonds is 7. The predicted molar refractivity (Wildman–Crippen MR) is 70.0 cm³/mol. The van der Waals surface area contributed by atoms with E-state index in [1.807, 2.05) is 18.5 Å². The molecule has 18 heavy (non-hydrogen) atoms. The first-order valence-corrected chi connectivity index (χ1v) is 6.36. The molecule has 1 rings (SSSR count).